The first-order valence-corrected chi connectivity index (χ1v) is 3.33. The van der Waals surface area contributed by atoms with Crippen LogP contribution in [0.25, 0.3) is 0 Å². The van der Waals surface area contributed by atoms with Crippen molar-refractivity contribution in [1.29, 1.82) is 5.26 Å². The molecule has 0 unspecified atom stereocenters. The van der Waals surface area contributed by atoms with Gasteiger partial charge in [0.25, 0.3) is 0 Å². The van der Waals surface area contributed by atoms with E-state index in [-0.39, 0.29) is 6.42 Å². The molecule has 2 N–H and O–H groups in total. The van der Waals surface area contributed by atoms with Gasteiger partial charge in [-0.2, -0.15) is 5.26 Å². The van der Waals surface area contributed by atoms with Gasteiger partial charge in [0.2, 0.25) is 0 Å². The molecule has 1 rings (SSSR count). The van der Waals surface area contributed by atoms with Gasteiger partial charge in [-0.25, -0.2) is 0 Å². The zero-order valence-corrected chi connectivity index (χ0v) is 6.33. The molecule has 0 aliphatic rings. The zero-order chi connectivity index (χ0) is 8.27. The third-order valence-corrected chi connectivity index (χ3v) is 1.40. The van der Waals surface area contributed by atoms with Gasteiger partial charge in [-0.3, -0.25) is 4.98 Å². The van der Waals surface area contributed by atoms with E-state index in [9.17, 15) is 0 Å². The van der Waals surface area contributed by atoms with Gasteiger partial charge in [0.15, 0.2) is 0 Å². The van der Waals surface area contributed by atoms with E-state index in [0.29, 0.717) is 11.4 Å². The smallest absolute Gasteiger partial charge is 0.0795 e. The van der Waals surface area contributed by atoms with Gasteiger partial charge in [-0.15, -0.1) is 0 Å². The second kappa shape index (κ2) is 3.02. The maximum Gasteiger partial charge on any atom is 0.0795 e. The van der Waals surface area contributed by atoms with E-state index in [2.05, 4.69) is 4.98 Å². The van der Waals surface area contributed by atoms with Gasteiger partial charge in [0.1, 0.15) is 0 Å². The van der Waals surface area contributed by atoms with Crippen LogP contribution in [0.1, 0.15) is 11.4 Å². The van der Waals surface area contributed by atoms with E-state index in [4.69, 9.17) is 11.0 Å². The minimum absolute atomic E-state index is 0.285. The summed E-state index contributed by atoms with van der Waals surface area (Å²) in [5, 5.41) is 8.39. The zero-order valence-electron chi connectivity index (χ0n) is 6.33. The Morgan fingerprint density at radius 2 is 2.36 bits per heavy atom. The SMILES string of the molecule is Cc1ccc(N)c(CC#N)n1. The normalized spacial score (nSPS) is 9.09. The average Bonchev–Trinajstić information content (AvgIpc) is 1.98. The molecule has 0 saturated carbocycles. The van der Waals surface area contributed by atoms with Crippen LogP contribution in [0.15, 0.2) is 12.1 Å². The van der Waals surface area contributed by atoms with Crippen molar-refractivity contribution in [3.05, 3.63) is 23.5 Å². The molecule has 0 aromatic carbocycles. The number of pyridine rings is 1. The molecule has 56 valence electrons. The fourth-order valence-electron chi connectivity index (χ4n) is 0.838. The molecule has 3 heteroatoms. The van der Waals surface area contributed by atoms with Gasteiger partial charge in [-0.05, 0) is 19.1 Å². The van der Waals surface area contributed by atoms with E-state index in [0.717, 1.165) is 5.69 Å². The predicted octanol–water partition coefficient (Wildman–Crippen LogP) is 1.04. The molecule has 1 heterocycles. The molecule has 0 aliphatic heterocycles. The third-order valence-electron chi connectivity index (χ3n) is 1.40. The molecule has 0 saturated heterocycles. The lowest BCUT2D eigenvalue weighted by atomic mass is 10.2. The summed E-state index contributed by atoms with van der Waals surface area (Å²) in [4.78, 5) is 4.11. The number of rotatable bonds is 1. The molecule has 0 aliphatic carbocycles. The van der Waals surface area contributed by atoms with Crippen molar-refractivity contribution in [1.82, 2.24) is 4.98 Å². The minimum Gasteiger partial charge on any atom is -0.397 e. The molecule has 1 aromatic heterocycles. The highest BCUT2D eigenvalue weighted by Gasteiger charge is 1.98. The van der Waals surface area contributed by atoms with Gasteiger partial charge in [0, 0.05) is 5.69 Å². The maximum atomic E-state index is 8.39. The monoisotopic (exact) mass is 147 g/mol. The Bertz CT molecular complexity index is 299. The summed E-state index contributed by atoms with van der Waals surface area (Å²) in [6.07, 6.45) is 0.285. The summed E-state index contributed by atoms with van der Waals surface area (Å²) in [5.41, 5.74) is 7.72. The lowest BCUT2D eigenvalue weighted by Gasteiger charge is -2.00. The number of hydrogen-bond donors (Lipinski definition) is 1. The van der Waals surface area contributed by atoms with Crippen molar-refractivity contribution in [3.8, 4) is 6.07 Å². The van der Waals surface area contributed by atoms with Crippen molar-refractivity contribution < 1.29 is 0 Å². The Morgan fingerprint density at radius 3 is 3.00 bits per heavy atom. The third kappa shape index (κ3) is 1.68. The van der Waals surface area contributed by atoms with Crippen LogP contribution in [0.5, 0.6) is 0 Å². The molecule has 0 radical (unpaired) electrons. The number of aromatic nitrogens is 1. The van der Waals surface area contributed by atoms with E-state index < -0.39 is 0 Å². The number of nitrogens with two attached hydrogens (primary N) is 1. The van der Waals surface area contributed by atoms with Crippen LogP contribution in [0.3, 0.4) is 0 Å². The van der Waals surface area contributed by atoms with Crippen molar-refractivity contribution >= 4 is 5.69 Å². The van der Waals surface area contributed by atoms with Crippen molar-refractivity contribution in [3.63, 3.8) is 0 Å². The van der Waals surface area contributed by atoms with E-state index in [1.54, 1.807) is 6.07 Å². The average molecular weight is 147 g/mol. The topological polar surface area (TPSA) is 62.7 Å². The van der Waals surface area contributed by atoms with Crippen molar-refractivity contribution in [2.75, 3.05) is 5.73 Å². The minimum atomic E-state index is 0.285. The maximum absolute atomic E-state index is 8.39. The summed E-state index contributed by atoms with van der Waals surface area (Å²) in [6.45, 7) is 1.88. The summed E-state index contributed by atoms with van der Waals surface area (Å²) in [6, 6.07) is 5.61. The van der Waals surface area contributed by atoms with Crippen LogP contribution in [0.2, 0.25) is 0 Å². The van der Waals surface area contributed by atoms with Gasteiger partial charge < -0.3 is 5.73 Å². The lowest BCUT2D eigenvalue weighted by molar-refractivity contribution is 1.07. The first-order chi connectivity index (χ1) is 5.24. The fourth-order valence-corrected chi connectivity index (χ4v) is 0.838. The van der Waals surface area contributed by atoms with Crippen LogP contribution in [0.4, 0.5) is 5.69 Å². The van der Waals surface area contributed by atoms with Gasteiger partial charge in [0.05, 0.1) is 23.9 Å². The first kappa shape index (κ1) is 7.55. The molecular formula is C8H9N3. The molecule has 0 fully saturated rings. The lowest BCUT2D eigenvalue weighted by Crippen LogP contribution is -1.97. The van der Waals surface area contributed by atoms with Crippen LogP contribution in [-0.4, -0.2) is 4.98 Å². The first-order valence-electron chi connectivity index (χ1n) is 3.33. The predicted molar refractivity (Wildman–Crippen MR) is 42.7 cm³/mol. The standard InChI is InChI=1S/C8H9N3/c1-6-2-3-7(10)8(11-6)4-5-9/h2-3H,4,10H2,1H3. The number of aryl methyl sites for hydroxylation is 1. The molecule has 1 aromatic rings. The Balaban J connectivity index is 3.05. The second-order valence-corrected chi connectivity index (χ2v) is 2.32. The number of anilines is 1. The number of nitrogen functional groups attached to an aromatic ring is 1. The Hall–Kier alpha value is -1.56. The quantitative estimate of drug-likeness (QED) is 0.645. The van der Waals surface area contributed by atoms with E-state index >= 15 is 0 Å². The molecule has 0 amide bonds. The molecule has 0 bridgehead atoms. The molecule has 3 nitrogen and oxygen atoms in total. The second-order valence-electron chi connectivity index (χ2n) is 2.32. The molecule has 11 heavy (non-hydrogen) atoms. The Labute approximate surface area is 65.5 Å². The number of nitrogens with zero attached hydrogens (tertiary/aromatic N) is 2. The Morgan fingerprint density at radius 1 is 1.64 bits per heavy atom. The summed E-state index contributed by atoms with van der Waals surface area (Å²) < 4.78 is 0. The van der Waals surface area contributed by atoms with Gasteiger partial charge >= 0.3 is 0 Å². The molecular weight excluding hydrogens is 138 g/mol. The van der Waals surface area contributed by atoms with Crippen molar-refractivity contribution in [2.24, 2.45) is 0 Å². The van der Waals surface area contributed by atoms with Crippen LogP contribution in [-0.2, 0) is 6.42 Å². The highest BCUT2D eigenvalue weighted by molar-refractivity contribution is 5.44. The summed E-state index contributed by atoms with van der Waals surface area (Å²) in [5.74, 6) is 0. The van der Waals surface area contributed by atoms with Crippen molar-refractivity contribution in [2.45, 2.75) is 13.3 Å². The highest BCUT2D eigenvalue weighted by Crippen LogP contribution is 2.09. The highest BCUT2D eigenvalue weighted by atomic mass is 14.7. The number of nitriles is 1. The van der Waals surface area contributed by atoms with Crippen LogP contribution < -0.4 is 5.73 Å². The fraction of sp³-hybridized carbons (Fsp3) is 0.250. The molecule has 0 atom stereocenters. The van der Waals surface area contributed by atoms with E-state index in [1.165, 1.54) is 0 Å². The van der Waals surface area contributed by atoms with Crippen LogP contribution >= 0.6 is 0 Å². The summed E-state index contributed by atoms with van der Waals surface area (Å²) >= 11 is 0. The summed E-state index contributed by atoms with van der Waals surface area (Å²) in [7, 11) is 0. The Kier molecular flexibility index (Phi) is 2.07. The van der Waals surface area contributed by atoms with Crippen LogP contribution in [0, 0.1) is 18.3 Å². The van der Waals surface area contributed by atoms with E-state index in [1.807, 2.05) is 19.1 Å². The number of hydrogen-bond acceptors (Lipinski definition) is 3. The van der Waals surface area contributed by atoms with Gasteiger partial charge in [-0.1, -0.05) is 0 Å². The molecule has 0 spiro atoms. The largest absolute Gasteiger partial charge is 0.397 e.